The molecule has 156 valence electrons. The van der Waals surface area contributed by atoms with Crippen molar-refractivity contribution in [2.24, 2.45) is 4.99 Å². The molecule has 0 saturated carbocycles. The van der Waals surface area contributed by atoms with Crippen LogP contribution in [0.4, 0.5) is 10.2 Å². The highest BCUT2D eigenvalue weighted by atomic mass is 19.1. The van der Waals surface area contributed by atoms with Crippen molar-refractivity contribution < 1.29 is 9.13 Å². The Balaban J connectivity index is 1.57. The Morgan fingerprint density at radius 2 is 2.14 bits per heavy atom. The fourth-order valence-corrected chi connectivity index (χ4v) is 3.49. The number of hydrogen-bond donors (Lipinski definition) is 2. The Morgan fingerprint density at radius 1 is 1.28 bits per heavy atom. The van der Waals surface area contributed by atoms with Crippen molar-refractivity contribution in [1.29, 1.82) is 0 Å². The molecule has 2 aromatic rings. The van der Waals surface area contributed by atoms with E-state index in [1.54, 1.807) is 12.3 Å². The number of hydrogen-bond acceptors (Lipinski definition) is 4. The summed E-state index contributed by atoms with van der Waals surface area (Å²) in [6.07, 6.45) is 3.35. The molecule has 0 amide bonds. The fourth-order valence-electron chi connectivity index (χ4n) is 3.49. The second-order valence-corrected chi connectivity index (χ2v) is 6.94. The third kappa shape index (κ3) is 5.82. The zero-order chi connectivity index (χ0) is 20.5. The predicted octanol–water partition coefficient (Wildman–Crippen LogP) is 3.00. The lowest BCUT2D eigenvalue weighted by atomic mass is 10.1. The van der Waals surface area contributed by atoms with Gasteiger partial charge in [-0.25, -0.2) is 9.37 Å². The molecule has 7 heteroatoms. The number of benzene rings is 1. The quantitative estimate of drug-likeness (QED) is 0.528. The third-order valence-corrected chi connectivity index (χ3v) is 4.84. The van der Waals surface area contributed by atoms with E-state index >= 15 is 0 Å². The highest BCUT2D eigenvalue weighted by Crippen LogP contribution is 2.21. The summed E-state index contributed by atoms with van der Waals surface area (Å²) in [5.41, 5.74) is 1.16. The molecule has 1 saturated heterocycles. The van der Waals surface area contributed by atoms with Gasteiger partial charge in [0, 0.05) is 38.4 Å². The summed E-state index contributed by atoms with van der Waals surface area (Å²) in [5.74, 6) is 1.86. The lowest BCUT2D eigenvalue weighted by Crippen LogP contribution is -2.44. The van der Waals surface area contributed by atoms with E-state index in [1.807, 2.05) is 36.9 Å². The maximum atomic E-state index is 14.0. The van der Waals surface area contributed by atoms with Crippen molar-refractivity contribution in [3.8, 4) is 5.75 Å². The van der Waals surface area contributed by atoms with Gasteiger partial charge in [0.05, 0.1) is 6.61 Å². The molecule has 1 aliphatic rings. The predicted molar refractivity (Wildman–Crippen MR) is 115 cm³/mol. The van der Waals surface area contributed by atoms with Crippen molar-refractivity contribution in [1.82, 2.24) is 15.6 Å². The molecular weight excluding hydrogens is 369 g/mol. The van der Waals surface area contributed by atoms with Crippen molar-refractivity contribution in [2.45, 2.75) is 32.7 Å². The van der Waals surface area contributed by atoms with E-state index in [1.165, 1.54) is 6.07 Å². The van der Waals surface area contributed by atoms with Crippen LogP contribution in [-0.2, 0) is 6.42 Å². The molecule has 0 spiro atoms. The Hall–Kier alpha value is -2.83. The number of anilines is 1. The molecule has 2 heterocycles. The highest BCUT2D eigenvalue weighted by molar-refractivity contribution is 5.80. The average molecular weight is 400 g/mol. The molecular formula is C22H30FN5O. The number of guanidine groups is 1. The molecule has 1 aliphatic heterocycles. The van der Waals surface area contributed by atoms with Crippen LogP contribution in [0.1, 0.15) is 25.8 Å². The van der Waals surface area contributed by atoms with E-state index in [0.717, 1.165) is 43.2 Å². The van der Waals surface area contributed by atoms with Crippen LogP contribution in [-0.4, -0.2) is 49.8 Å². The van der Waals surface area contributed by atoms with Crippen LogP contribution in [0.3, 0.4) is 0 Å². The first-order valence-corrected chi connectivity index (χ1v) is 10.3. The lowest BCUT2D eigenvalue weighted by molar-refractivity contribution is 0.336. The summed E-state index contributed by atoms with van der Waals surface area (Å²) in [6, 6.07) is 11.4. The molecule has 29 heavy (non-hydrogen) atoms. The van der Waals surface area contributed by atoms with Gasteiger partial charge in [0.15, 0.2) is 17.6 Å². The minimum Gasteiger partial charge on any atom is -0.494 e. The second kappa shape index (κ2) is 10.6. The van der Waals surface area contributed by atoms with Crippen LogP contribution < -0.4 is 20.3 Å². The first kappa shape index (κ1) is 20.9. The van der Waals surface area contributed by atoms with Crippen molar-refractivity contribution in [3.05, 3.63) is 54.0 Å². The monoisotopic (exact) mass is 399 g/mol. The topological polar surface area (TPSA) is 61.8 Å². The molecule has 3 rings (SSSR count). The molecule has 1 aromatic carbocycles. The lowest BCUT2D eigenvalue weighted by Gasteiger charge is -2.20. The molecule has 1 aromatic heterocycles. The first-order valence-electron chi connectivity index (χ1n) is 10.3. The van der Waals surface area contributed by atoms with E-state index in [4.69, 9.17) is 9.73 Å². The van der Waals surface area contributed by atoms with E-state index < -0.39 is 0 Å². The standard InChI is InChI=1S/C22H30FN5O/c1-3-24-22(26-14-11-17-8-5-6-10-20(17)29-4-2)27-18-12-15-28(16-18)21-19(23)9-7-13-25-21/h5-10,13,18H,3-4,11-12,14-16H2,1-2H3,(H2,24,26,27). The summed E-state index contributed by atoms with van der Waals surface area (Å²) in [7, 11) is 0. The largest absolute Gasteiger partial charge is 0.494 e. The zero-order valence-electron chi connectivity index (χ0n) is 17.2. The Kier molecular flexibility index (Phi) is 7.67. The molecule has 0 radical (unpaired) electrons. The van der Waals surface area contributed by atoms with Crippen LogP contribution >= 0.6 is 0 Å². The normalized spacial score (nSPS) is 16.7. The van der Waals surface area contributed by atoms with Gasteiger partial charge >= 0.3 is 0 Å². The van der Waals surface area contributed by atoms with Gasteiger partial charge in [-0.1, -0.05) is 18.2 Å². The van der Waals surface area contributed by atoms with Crippen molar-refractivity contribution in [3.63, 3.8) is 0 Å². The van der Waals surface area contributed by atoms with Crippen LogP contribution in [0.25, 0.3) is 0 Å². The summed E-state index contributed by atoms with van der Waals surface area (Å²) in [6.45, 7) is 7.60. The number of nitrogens with zero attached hydrogens (tertiary/aromatic N) is 3. The van der Waals surface area contributed by atoms with Crippen LogP contribution in [0, 0.1) is 5.82 Å². The number of aliphatic imine (C=N–C) groups is 1. The van der Waals surface area contributed by atoms with Crippen LogP contribution in [0.2, 0.25) is 0 Å². The number of halogens is 1. The Bertz CT molecular complexity index is 813. The number of rotatable bonds is 8. The SMILES string of the molecule is CCNC(=NCCc1ccccc1OCC)NC1CCN(c2ncccc2F)C1. The van der Waals surface area contributed by atoms with Crippen molar-refractivity contribution in [2.75, 3.05) is 37.7 Å². The van der Waals surface area contributed by atoms with Crippen LogP contribution in [0.15, 0.2) is 47.6 Å². The maximum Gasteiger partial charge on any atom is 0.191 e. The molecule has 1 atom stereocenters. The molecule has 6 nitrogen and oxygen atoms in total. The molecule has 0 aliphatic carbocycles. The average Bonchev–Trinajstić information content (AvgIpc) is 3.18. The van der Waals surface area contributed by atoms with Crippen molar-refractivity contribution >= 4 is 11.8 Å². The number of nitrogens with one attached hydrogen (secondary N) is 2. The molecule has 0 bridgehead atoms. The third-order valence-electron chi connectivity index (χ3n) is 4.84. The summed E-state index contributed by atoms with van der Waals surface area (Å²) >= 11 is 0. The molecule has 1 unspecified atom stereocenters. The van der Waals surface area contributed by atoms with Gasteiger partial charge in [0.25, 0.3) is 0 Å². The van der Waals surface area contributed by atoms with E-state index in [-0.39, 0.29) is 11.9 Å². The van der Waals surface area contributed by atoms with Gasteiger partial charge in [-0.05, 0) is 50.5 Å². The number of para-hydroxylation sites is 1. The van der Waals surface area contributed by atoms with E-state index in [2.05, 4.69) is 21.7 Å². The minimum absolute atomic E-state index is 0.199. The van der Waals surface area contributed by atoms with Gasteiger partial charge in [-0.15, -0.1) is 0 Å². The highest BCUT2D eigenvalue weighted by Gasteiger charge is 2.25. The fraction of sp³-hybridized carbons (Fsp3) is 0.455. The number of aromatic nitrogens is 1. The van der Waals surface area contributed by atoms with E-state index in [9.17, 15) is 4.39 Å². The smallest absolute Gasteiger partial charge is 0.191 e. The van der Waals surface area contributed by atoms with Crippen LogP contribution in [0.5, 0.6) is 5.75 Å². The Morgan fingerprint density at radius 3 is 2.93 bits per heavy atom. The van der Waals surface area contributed by atoms with Gasteiger partial charge in [0.1, 0.15) is 5.75 Å². The van der Waals surface area contributed by atoms with Gasteiger partial charge in [0.2, 0.25) is 0 Å². The van der Waals surface area contributed by atoms with Gasteiger partial charge in [-0.3, -0.25) is 4.99 Å². The molecule has 1 fully saturated rings. The second-order valence-electron chi connectivity index (χ2n) is 6.94. The minimum atomic E-state index is -0.276. The first-order chi connectivity index (χ1) is 14.2. The number of pyridine rings is 1. The Labute approximate surface area is 172 Å². The zero-order valence-corrected chi connectivity index (χ0v) is 17.2. The van der Waals surface area contributed by atoms with Gasteiger partial charge < -0.3 is 20.3 Å². The molecule has 2 N–H and O–H groups in total. The summed E-state index contributed by atoms with van der Waals surface area (Å²) in [4.78, 5) is 10.9. The summed E-state index contributed by atoms with van der Waals surface area (Å²) in [5, 5.41) is 6.78. The number of ether oxygens (including phenoxy) is 1. The maximum absolute atomic E-state index is 14.0. The van der Waals surface area contributed by atoms with E-state index in [0.29, 0.717) is 25.5 Å². The van der Waals surface area contributed by atoms with Gasteiger partial charge in [-0.2, -0.15) is 0 Å². The summed E-state index contributed by atoms with van der Waals surface area (Å²) < 4.78 is 19.7.